The summed E-state index contributed by atoms with van der Waals surface area (Å²) in [5.74, 6) is -2.26. The zero-order chi connectivity index (χ0) is 19.4. The molecule has 1 unspecified atom stereocenters. The van der Waals surface area contributed by atoms with Gasteiger partial charge >= 0.3 is 0 Å². The maximum atomic E-state index is 13.0. The summed E-state index contributed by atoms with van der Waals surface area (Å²) in [7, 11) is 0. The van der Waals surface area contributed by atoms with Crippen molar-refractivity contribution in [1.82, 2.24) is 14.9 Å². The van der Waals surface area contributed by atoms with Gasteiger partial charge < -0.3 is 9.88 Å². The third-order valence-corrected chi connectivity index (χ3v) is 5.21. The van der Waals surface area contributed by atoms with Crippen LogP contribution in [0.4, 0.5) is 0 Å². The molecule has 0 aromatic carbocycles. The van der Waals surface area contributed by atoms with Crippen molar-refractivity contribution >= 4 is 11.7 Å². The molecule has 0 bridgehead atoms. The van der Waals surface area contributed by atoms with Crippen molar-refractivity contribution in [3.63, 3.8) is 0 Å². The highest BCUT2D eigenvalue weighted by atomic mass is 16.2. The highest BCUT2D eigenvalue weighted by Gasteiger charge is 2.31. The van der Waals surface area contributed by atoms with E-state index in [0.717, 1.165) is 37.1 Å². The molecule has 140 valence electrons. The number of carbonyl (C=O) groups is 2. The van der Waals surface area contributed by atoms with Crippen LogP contribution in [0.1, 0.15) is 53.8 Å². The highest BCUT2D eigenvalue weighted by molar-refractivity contribution is 6.12. The van der Waals surface area contributed by atoms with Gasteiger partial charge in [0.1, 0.15) is 0 Å². The number of carbonyl (C=O) groups excluding carboxylic acids is 2. The predicted octanol–water partition coefficient (Wildman–Crippen LogP) is 3.26. The Morgan fingerprint density at radius 3 is 2.67 bits per heavy atom. The molecule has 2 heterocycles. The van der Waals surface area contributed by atoms with Gasteiger partial charge in [0.2, 0.25) is 5.91 Å². The fraction of sp³-hybridized carbons (Fsp3) is 0.429. The Morgan fingerprint density at radius 1 is 1.30 bits per heavy atom. The van der Waals surface area contributed by atoms with E-state index in [1.165, 1.54) is 6.42 Å². The second kappa shape index (κ2) is 8.17. The number of nitriles is 1. The van der Waals surface area contributed by atoms with Crippen molar-refractivity contribution in [3.05, 3.63) is 47.5 Å². The fourth-order valence-electron chi connectivity index (χ4n) is 3.82. The van der Waals surface area contributed by atoms with Gasteiger partial charge in [-0.05, 0) is 44.9 Å². The molecule has 27 heavy (non-hydrogen) atoms. The minimum atomic E-state index is -1.32. The average molecular weight is 364 g/mol. The van der Waals surface area contributed by atoms with Crippen molar-refractivity contribution in [2.75, 3.05) is 0 Å². The second-order valence-electron chi connectivity index (χ2n) is 7.10. The molecule has 2 aromatic rings. The van der Waals surface area contributed by atoms with E-state index >= 15 is 0 Å². The first-order chi connectivity index (χ1) is 13.0. The van der Waals surface area contributed by atoms with Crippen LogP contribution in [0.2, 0.25) is 0 Å². The maximum absolute atomic E-state index is 13.0. The number of rotatable bonds is 5. The lowest BCUT2D eigenvalue weighted by Gasteiger charge is -2.23. The van der Waals surface area contributed by atoms with Crippen molar-refractivity contribution in [1.29, 1.82) is 5.26 Å². The number of nitrogens with one attached hydrogen (secondary N) is 1. The lowest BCUT2D eigenvalue weighted by molar-refractivity contribution is -0.123. The molecule has 0 aliphatic heterocycles. The molecule has 0 saturated heterocycles. The van der Waals surface area contributed by atoms with Gasteiger partial charge in [-0.25, -0.2) is 0 Å². The molecule has 6 nitrogen and oxygen atoms in total. The summed E-state index contributed by atoms with van der Waals surface area (Å²) in [4.78, 5) is 29.6. The van der Waals surface area contributed by atoms with E-state index in [4.69, 9.17) is 0 Å². The summed E-state index contributed by atoms with van der Waals surface area (Å²) in [6.45, 7) is 3.71. The van der Waals surface area contributed by atoms with Gasteiger partial charge in [0.05, 0.1) is 18.0 Å². The third-order valence-electron chi connectivity index (χ3n) is 5.21. The first-order valence-corrected chi connectivity index (χ1v) is 9.36. The maximum Gasteiger partial charge on any atom is 0.245 e. The molecule has 6 heteroatoms. The van der Waals surface area contributed by atoms with E-state index in [0.29, 0.717) is 11.3 Å². The van der Waals surface area contributed by atoms with Gasteiger partial charge in [-0.1, -0.05) is 19.3 Å². The smallest absolute Gasteiger partial charge is 0.245 e. The SMILES string of the molecule is Cc1cc(C(=O)C(C#N)C(=O)NC2CCCCC2)c(C)n1-c1cccnc1. The van der Waals surface area contributed by atoms with Crippen molar-refractivity contribution in [2.45, 2.75) is 52.0 Å². The summed E-state index contributed by atoms with van der Waals surface area (Å²) in [6, 6.07) is 7.43. The van der Waals surface area contributed by atoms with Gasteiger partial charge in [0.25, 0.3) is 0 Å². The summed E-state index contributed by atoms with van der Waals surface area (Å²) >= 11 is 0. The second-order valence-corrected chi connectivity index (χ2v) is 7.10. The Labute approximate surface area is 159 Å². The molecule has 0 radical (unpaired) electrons. The van der Waals surface area contributed by atoms with E-state index in [9.17, 15) is 14.9 Å². The van der Waals surface area contributed by atoms with Crippen molar-refractivity contribution < 1.29 is 9.59 Å². The van der Waals surface area contributed by atoms with Crippen LogP contribution < -0.4 is 5.32 Å². The molecular weight excluding hydrogens is 340 g/mol. The van der Waals surface area contributed by atoms with E-state index < -0.39 is 17.6 Å². The molecule has 1 fully saturated rings. The molecule has 1 amide bonds. The van der Waals surface area contributed by atoms with Crippen LogP contribution in [0.15, 0.2) is 30.6 Å². The number of aromatic nitrogens is 2. The van der Waals surface area contributed by atoms with Crippen molar-refractivity contribution in [3.8, 4) is 11.8 Å². The number of hydrogen-bond acceptors (Lipinski definition) is 4. The largest absolute Gasteiger partial charge is 0.352 e. The number of hydrogen-bond donors (Lipinski definition) is 1. The minimum Gasteiger partial charge on any atom is -0.352 e. The molecule has 2 aromatic heterocycles. The summed E-state index contributed by atoms with van der Waals surface area (Å²) < 4.78 is 1.91. The number of pyridine rings is 1. The zero-order valence-corrected chi connectivity index (χ0v) is 15.7. The quantitative estimate of drug-likeness (QED) is 0.651. The predicted molar refractivity (Wildman–Crippen MR) is 101 cm³/mol. The van der Waals surface area contributed by atoms with Gasteiger partial charge in [0.15, 0.2) is 11.7 Å². The van der Waals surface area contributed by atoms with Crippen LogP contribution in [0.5, 0.6) is 0 Å². The first kappa shape index (κ1) is 18.8. The fourth-order valence-corrected chi connectivity index (χ4v) is 3.82. The minimum absolute atomic E-state index is 0.0673. The average Bonchev–Trinajstić information content (AvgIpc) is 2.98. The Kier molecular flexibility index (Phi) is 5.70. The van der Waals surface area contributed by atoms with Crippen LogP contribution in [-0.4, -0.2) is 27.3 Å². The van der Waals surface area contributed by atoms with Gasteiger partial charge in [-0.15, -0.1) is 0 Å². The lowest BCUT2D eigenvalue weighted by Crippen LogP contribution is -2.42. The Balaban J connectivity index is 1.83. The topological polar surface area (TPSA) is 87.8 Å². The highest BCUT2D eigenvalue weighted by Crippen LogP contribution is 2.23. The molecule has 1 aliphatic rings. The standard InChI is InChI=1S/C21H24N4O2/c1-14-11-18(15(2)25(14)17-9-6-10-23-13-17)20(26)19(12-22)21(27)24-16-7-4-3-5-8-16/h6,9-11,13,16,19H,3-5,7-8H2,1-2H3,(H,24,27). The van der Waals surface area contributed by atoms with Crippen LogP contribution in [-0.2, 0) is 4.79 Å². The van der Waals surface area contributed by atoms with Gasteiger partial charge in [0, 0.05) is 29.2 Å². The van der Waals surface area contributed by atoms with E-state index in [2.05, 4.69) is 10.3 Å². The van der Waals surface area contributed by atoms with E-state index in [-0.39, 0.29) is 6.04 Å². The molecule has 3 rings (SSSR count). The molecule has 1 aliphatic carbocycles. The summed E-state index contributed by atoms with van der Waals surface area (Å²) in [5.41, 5.74) is 2.80. The van der Waals surface area contributed by atoms with E-state index in [1.807, 2.05) is 36.6 Å². The van der Waals surface area contributed by atoms with Gasteiger partial charge in [-0.3, -0.25) is 14.6 Å². The molecule has 1 saturated carbocycles. The Morgan fingerprint density at radius 2 is 2.04 bits per heavy atom. The number of ketones is 1. The molecule has 1 N–H and O–H groups in total. The number of Topliss-reactive ketones (excluding diaryl/α,β-unsaturated/α-hetero) is 1. The van der Waals surface area contributed by atoms with Crippen LogP contribution in [0.3, 0.4) is 0 Å². The Bertz CT molecular complexity index is 874. The normalized spacial score (nSPS) is 15.7. The monoisotopic (exact) mass is 364 g/mol. The molecule has 0 spiro atoms. The third kappa shape index (κ3) is 3.92. The Hall–Kier alpha value is -2.94. The number of aryl methyl sites for hydroxylation is 1. The summed E-state index contributed by atoms with van der Waals surface area (Å²) in [6.07, 6.45) is 8.54. The molecular formula is C21H24N4O2. The van der Waals surface area contributed by atoms with Gasteiger partial charge in [-0.2, -0.15) is 5.26 Å². The van der Waals surface area contributed by atoms with E-state index in [1.54, 1.807) is 18.5 Å². The number of nitrogens with zero attached hydrogens (tertiary/aromatic N) is 3. The zero-order valence-electron chi connectivity index (χ0n) is 15.7. The number of amides is 1. The van der Waals surface area contributed by atoms with Crippen LogP contribution in [0.25, 0.3) is 5.69 Å². The van der Waals surface area contributed by atoms with Crippen molar-refractivity contribution in [2.24, 2.45) is 5.92 Å². The van der Waals surface area contributed by atoms with Crippen LogP contribution in [0, 0.1) is 31.1 Å². The lowest BCUT2D eigenvalue weighted by atomic mass is 9.93. The molecule has 1 atom stereocenters. The summed E-state index contributed by atoms with van der Waals surface area (Å²) in [5, 5.41) is 12.4. The first-order valence-electron chi connectivity index (χ1n) is 9.36. The van der Waals surface area contributed by atoms with Crippen LogP contribution >= 0.6 is 0 Å².